The van der Waals surface area contributed by atoms with E-state index in [2.05, 4.69) is 16.3 Å². The molecule has 100 valence electrons. The average Bonchev–Trinajstić information content (AvgIpc) is 3.00. The predicted octanol–water partition coefficient (Wildman–Crippen LogP) is 1.75. The molecule has 1 saturated heterocycles. The highest BCUT2D eigenvalue weighted by Gasteiger charge is 2.36. The summed E-state index contributed by atoms with van der Waals surface area (Å²) in [6, 6.07) is 2.72. The van der Waals surface area contributed by atoms with E-state index < -0.39 is 0 Å². The second kappa shape index (κ2) is 5.43. The van der Waals surface area contributed by atoms with Crippen LogP contribution in [-0.2, 0) is 17.8 Å². The first-order valence-electron chi connectivity index (χ1n) is 6.94. The minimum atomic E-state index is 0.471. The Balaban J connectivity index is 1.69. The van der Waals surface area contributed by atoms with Crippen LogP contribution in [0, 0.1) is 0 Å². The molecule has 1 aliphatic carbocycles. The number of nitrogens with zero attached hydrogens (tertiary/aromatic N) is 1. The van der Waals surface area contributed by atoms with Gasteiger partial charge in [-0.25, -0.2) is 0 Å². The topological polar surface area (TPSA) is 37.6 Å². The molecule has 1 aliphatic heterocycles. The van der Waals surface area contributed by atoms with Crippen molar-refractivity contribution in [2.75, 3.05) is 20.2 Å². The number of ether oxygens (including phenoxy) is 1. The van der Waals surface area contributed by atoms with Gasteiger partial charge >= 0.3 is 0 Å². The summed E-state index contributed by atoms with van der Waals surface area (Å²) in [6.45, 7) is 3.73. The summed E-state index contributed by atoms with van der Waals surface area (Å²) in [4.78, 5) is 2.57. The Bertz CT molecular complexity index is 391. The van der Waals surface area contributed by atoms with E-state index in [1.54, 1.807) is 6.26 Å². The van der Waals surface area contributed by atoms with Crippen LogP contribution >= 0.6 is 0 Å². The molecule has 1 aromatic heterocycles. The lowest BCUT2D eigenvalue weighted by Gasteiger charge is -2.37. The Kier molecular flexibility index (Phi) is 3.68. The average molecular weight is 250 g/mol. The first-order valence-corrected chi connectivity index (χ1v) is 6.94. The fraction of sp³-hybridized carbons (Fsp3) is 0.714. The van der Waals surface area contributed by atoms with Gasteiger partial charge in [-0.3, -0.25) is 4.90 Å². The second-order valence-corrected chi connectivity index (χ2v) is 5.28. The summed E-state index contributed by atoms with van der Waals surface area (Å²) in [6.07, 6.45) is 6.09. The van der Waals surface area contributed by atoms with E-state index in [-0.39, 0.29) is 0 Å². The molecule has 0 amide bonds. The van der Waals surface area contributed by atoms with Crippen molar-refractivity contribution in [1.29, 1.82) is 0 Å². The van der Waals surface area contributed by atoms with E-state index in [9.17, 15) is 0 Å². The van der Waals surface area contributed by atoms with Gasteiger partial charge < -0.3 is 14.5 Å². The number of hydrogen-bond donors (Lipinski definition) is 1. The summed E-state index contributed by atoms with van der Waals surface area (Å²) >= 11 is 0. The maximum Gasteiger partial charge on any atom is 0.122 e. The van der Waals surface area contributed by atoms with Gasteiger partial charge in [0.05, 0.1) is 25.5 Å². The number of morpholine rings is 1. The zero-order chi connectivity index (χ0) is 12.4. The van der Waals surface area contributed by atoms with Gasteiger partial charge in [0.2, 0.25) is 0 Å². The summed E-state index contributed by atoms with van der Waals surface area (Å²) in [5, 5.41) is 3.16. The van der Waals surface area contributed by atoms with Crippen LogP contribution in [0.1, 0.15) is 30.6 Å². The molecule has 1 saturated carbocycles. The van der Waals surface area contributed by atoms with E-state index in [0.717, 1.165) is 32.0 Å². The van der Waals surface area contributed by atoms with Crippen molar-refractivity contribution in [3.05, 3.63) is 23.7 Å². The number of furan rings is 1. The molecular formula is C14H22N2O2. The molecule has 2 atom stereocenters. The lowest BCUT2D eigenvalue weighted by molar-refractivity contribution is -0.0589. The van der Waals surface area contributed by atoms with Crippen LogP contribution in [0.5, 0.6) is 0 Å². The molecule has 2 aliphatic rings. The van der Waals surface area contributed by atoms with Crippen molar-refractivity contribution < 1.29 is 9.15 Å². The Morgan fingerprint density at radius 3 is 3.28 bits per heavy atom. The summed E-state index contributed by atoms with van der Waals surface area (Å²) in [7, 11) is 1.95. The number of rotatable bonds is 4. The molecule has 2 fully saturated rings. The highest BCUT2D eigenvalue weighted by molar-refractivity contribution is 5.17. The van der Waals surface area contributed by atoms with Crippen LogP contribution in [0.2, 0.25) is 0 Å². The first kappa shape index (κ1) is 12.2. The standard InChI is InChI=1S/C14H22N2O2/c1-15-9-14-11(5-7-17-14)10-16-6-8-18-13-4-2-3-12(13)16/h5,7,12-13,15H,2-4,6,8-10H2,1H3. The number of fused-ring (bicyclic) bond motifs is 1. The molecular weight excluding hydrogens is 228 g/mol. The van der Waals surface area contributed by atoms with E-state index in [4.69, 9.17) is 9.15 Å². The number of hydrogen-bond acceptors (Lipinski definition) is 4. The Morgan fingerprint density at radius 2 is 2.39 bits per heavy atom. The third kappa shape index (κ3) is 2.32. The lowest BCUT2D eigenvalue weighted by atomic mass is 10.1. The minimum Gasteiger partial charge on any atom is -0.468 e. The molecule has 0 aromatic carbocycles. The SMILES string of the molecule is CNCc1occc1CN1CCOC2CCCC21. The van der Waals surface area contributed by atoms with Gasteiger partial charge in [-0.05, 0) is 32.4 Å². The molecule has 2 unspecified atom stereocenters. The van der Waals surface area contributed by atoms with E-state index >= 15 is 0 Å². The first-order chi connectivity index (χ1) is 8.88. The maximum absolute atomic E-state index is 5.85. The van der Waals surface area contributed by atoms with Crippen LogP contribution in [-0.4, -0.2) is 37.2 Å². The van der Waals surface area contributed by atoms with Crippen molar-refractivity contribution in [2.24, 2.45) is 0 Å². The van der Waals surface area contributed by atoms with Gasteiger partial charge in [-0.15, -0.1) is 0 Å². The summed E-state index contributed by atoms with van der Waals surface area (Å²) in [5.74, 6) is 1.07. The molecule has 1 aromatic rings. The molecule has 4 heteroatoms. The van der Waals surface area contributed by atoms with Crippen LogP contribution in [0.15, 0.2) is 16.7 Å². The zero-order valence-corrected chi connectivity index (χ0v) is 11.0. The molecule has 0 spiro atoms. The zero-order valence-electron chi connectivity index (χ0n) is 11.0. The van der Waals surface area contributed by atoms with E-state index in [0.29, 0.717) is 12.1 Å². The van der Waals surface area contributed by atoms with E-state index in [1.165, 1.54) is 24.8 Å². The fourth-order valence-electron chi connectivity index (χ4n) is 3.24. The molecule has 0 radical (unpaired) electrons. The van der Waals surface area contributed by atoms with Gasteiger partial charge in [0, 0.05) is 24.7 Å². The van der Waals surface area contributed by atoms with Crippen LogP contribution in [0.25, 0.3) is 0 Å². The van der Waals surface area contributed by atoms with Gasteiger partial charge in [0.1, 0.15) is 5.76 Å². The van der Waals surface area contributed by atoms with Crippen molar-refractivity contribution in [3.8, 4) is 0 Å². The summed E-state index contributed by atoms with van der Waals surface area (Å²) < 4.78 is 11.4. The Labute approximate surface area is 108 Å². The quantitative estimate of drug-likeness (QED) is 0.883. The van der Waals surface area contributed by atoms with Gasteiger partial charge in [-0.2, -0.15) is 0 Å². The highest BCUT2D eigenvalue weighted by atomic mass is 16.5. The van der Waals surface area contributed by atoms with Crippen LogP contribution in [0.3, 0.4) is 0 Å². The minimum absolute atomic E-state index is 0.471. The number of nitrogens with one attached hydrogen (secondary N) is 1. The Morgan fingerprint density at radius 1 is 1.44 bits per heavy atom. The van der Waals surface area contributed by atoms with Crippen molar-refractivity contribution in [2.45, 2.75) is 44.5 Å². The smallest absolute Gasteiger partial charge is 0.122 e. The van der Waals surface area contributed by atoms with E-state index in [1.807, 2.05) is 7.05 Å². The fourth-order valence-corrected chi connectivity index (χ4v) is 3.24. The van der Waals surface area contributed by atoms with Crippen LogP contribution in [0.4, 0.5) is 0 Å². The third-order valence-corrected chi connectivity index (χ3v) is 4.15. The third-order valence-electron chi connectivity index (χ3n) is 4.15. The molecule has 4 nitrogen and oxygen atoms in total. The predicted molar refractivity (Wildman–Crippen MR) is 69.3 cm³/mol. The van der Waals surface area contributed by atoms with Crippen molar-refractivity contribution >= 4 is 0 Å². The molecule has 18 heavy (non-hydrogen) atoms. The molecule has 2 heterocycles. The molecule has 3 rings (SSSR count). The van der Waals surface area contributed by atoms with Gasteiger partial charge in [0.15, 0.2) is 0 Å². The normalized spacial score (nSPS) is 28.5. The largest absolute Gasteiger partial charge is 0.468 e. The molecule has 1 N–H and O–H groups in total. The van der Waals surface area contributed by atoms with Crippen molar-refractivity contribution in [1.82, 2.24) is 10.2 Å². The summed E-state index contributed by atoms with van der Waals surface area (Å²) in [5.41, 5.74) is 1.32. The van der Waals surface area contributed by atoms with Crippen molar-refractivity contribution in [3.63, 3.8) is 0 Å². The molecule has 0 bridgehead atoms. The second-order valence-electron chi connectivity index (χ2n) is 5.28. The van der Waals surface area contributed by atoms with Crippen LogP contribution < -0.4 is 5.32 Å². The van der Waals surface area contributed by atoms with Gasteiger partial charge in [0.25, 0.3) is 0 Å². The maximum atomic E-state index is 5.85. The Hall–Kier alpha value is -0.840. The van der Waals surface area contributed by atoms with Gasteiger partial charge in [-0.1, -0.05) is 0 Å². The highest BCUT2D eigenvalue weighted by Crippen LogP contribution is 2.31. The lowest BCUT2D eigenvalue weighted by Crippen LogP contribution is -2.47. The monoisotopic (exact) mass is 250 g/mol.